The molecule has 13 heavy (non-hydrogen) atoms. The Labute approximate surface area is 82.9 Å². The van der Waals surface area contributed by atoms with E-state index in [4.69, 9.17) is 4.74 Å². The smallest absolute Gasteiger partial charge is 0.0658 e. The summed E-state index contributed by atoms with van der Waals surface area (Å²) < 4.78 is 6.03. The lowest BCUT2D eigenvalue weighted by Crippen LogP contribution is -2.50. The molecule has 0 bridgehead atoms. The second-order valence-electron chi connectivity index (χ2n) is 5.15. The minimum Gasteiger partial charge on any atom is -0.372 e. The average molecular weight is 184 g/mol. The highest BCUT2D eigenvalue weighted by molar-refractivity contribution is 4.91. The highest BCUT2D eigenvalue weighted by Gasteiger charge is 2.42. The summed E-state index contributed by atoms with van der Waals surface area (Å²) in [5, 5.41) is 0. The molecule has 4 unspecified atom stereocenters. The summed E-state index contributed by atoms with van der Waals surface area (Å²) in [5.74, 6) is 2.19. The predicted octanol–water partition coefficient (Wildman–Crippen LogP) is 3.48. The molecule has 0 aromatic rings. The number of rotatable bonds is 1. The van der Waals surface area contributed by atoms with Crippen molar-refractivity contribution >= 4 is 0 Å². The highest BCUT2D eigenvalue weighted by atomic mass is 16.5. The molecule has 1 heteroatoms. The van der Waals surface area contributed by atoms with E-state index in [9.17, 15) is 0 Å². The summed E-state index contributed by atoms with van der Waals surface area (Å²) in [7, 11) is 0. The van der Waals surface area contributed by atoms with Crippen molar-refractivity contribution < 1.29 is 4.74 Å². The van der Waals surface area contributed by atoms with E-state index < -0.39 is 0 Å². The van der Waals surface area contributed by atoms with Gasteiger partial charge in [0, 0.05) is 0 Å². The Morgan fingerprint density at radius 2 is 1.69 bits per heavy atom. The lowest BCUT2D eigenvalue weighted by atomic mass is 9.70. The molecule has 4 atom stereocenters. The van der Waals surface area contributed by atoms with Crippen LogP contribution in [-0.4, -0.2) is 11.7 Å². The summed E-state index contributed by atoms with van der Waals surface area (Å²) in [6.45, 7) is 13.6. The summed E-state index contributed by atoms with van der Waals surface area (Å²) in [5.41, 5.74) is 0.0621. The van der Waals surface area contributed by atoms with Crippen LogP contribution in [0, 0.1) is 17.8 Å². The molecule has 1 fully saturated rings. The molecular formula is C12H24O. The van der Waals surface area contributed by atoms with Gasteiger partial charge in [0.25, 0.3) is 0 Å². The minimum absolute atomic E-state index is 0.0621. The third-order valence-electron chi connectivity index (χ3n) is 4.12. The SMILES string of the molecule is CCC1C(C)C(C)OC(C)(C)C1C. The quantitative estimate of drug-likeness (QED) is 0.606. The van der Waals surface area contributed by atoms with Gasteiger partial charge in [-0.15, -0.1) is 0 Å². The molecule has 1 nitrogen and oxygen atoms in total. The molecule has 1 heterocycles. The predicted molar refractivity (Wildman–Crippen MR) is 56.7 cm³/mol. The van der Waals surface area contributed by atoms with Gasteiger partial charge in [-0.1, -0.05) is 27.2 Å². The maximum atomic E-state index is 6.03. The van der Waals surface area contributed by atoms with Crippen LogP contribution in [0.2, 0.25) is 0 Å². The van der Waals surface area contributed by atoms with Crippen LogP contribution in [0.1, 0.15) is 48.0 Å². The summed E-state index contributed by atoms with van der Waals surface area (Å²) in [6, 6.07) is 0. The highest BCUT2D eigenvalue weighted by Crippen LogP contribution is 2.42. The molecule has 0 radical (unpaired) electrons. The average Bonchev–Trinajstić information content (AvgIpc) is 2.02. The first-order valence-corrected chi connectivity index (χ1v) is 5.58. The monoisotopic (exact) mass is 184 g/mol. The summed E-state index contributed by atoms with van der Waals surface area (Å²) in [6.07, 6.45) is 1.69. The Kier molecular flexibility index (Phi) is 3.06. The maximum Gasteiger partial charge on any atom is 0.0658 e. The first kappa shape index (κ1) is 11.0. The van der Waals surface area contributed by atoms with E-state index in [1.807, 2.05) is 0 Å². The summed E-state index contributed by atoms with van der Waals surface area (Å²) in [4.78, 5) is 0. The second-order valence-corrected chi connectivity index (χ2v) is 5.15. The van der Waals surface area contributed by atoms with Crippen molar-refractivity contribution in [2.45, 2.75) is 59.7 Å². The molecule has 0 aromatic carbocycles. The molecule has 1 rings (SSSR count). The van der Waals surface area contributed by atoms with Crippen LogP contribution >= 0.6 is 0 Å². The van der Waals surface area contributed by atoms with Gasteiger partial charge >= 0.3 is 0 Å². The van der Waals surface area contributed by atoms with E-state index in [0.29, 0.717) is 17.9 Å². The van der Waals surface area contributed by atoms with Crippen molar-refractivity contribution in [2.75, 3.05) is 0 Å². The summed E-state index contributed by atoms with van der Waals surface area (Å²) >= 11 is 0. The largest absolute Gasteiger partial charge is 0.372 e. The van der Waals surface area contributed by atoms with Crippen LogP contribution < -0.4 is 0 Å². The van der Waals surface area contributed by atoms with Crippen molar-refractivity contribution in [3.8, 4) is 0 Å². The van der Waals surface area contributed by atoms with E-state index in [2.05, 4.69) is 41.5 Å². The van der Waals surface area contributed by atoms with Crippen molar-refractivity contribution in [3.05, 3.63) is 0 Å². The molecule has 78 valence electrons. The fraction of sp³-hybridized carbons (Fsp3) is 1.00. The lowest BCUT2D eigenvalue weighted by molar-refractivity contribution is -0.180. The third-order valence-corrected chi connectivity index (χ3v) is 4.12. The lowest BCUT2D eigenvalue weighted by Gasteiger charge is -2.48. The van der Waals surface area contributed by atoms with Gasteiger partial charge in [-0.3, -0.25) is 0 Å². The van der Waals surface area contributed by atoms with Crippen LogP contribution in [0.5, 0.6) is 0 Å². The standard InChI is InChI=1S/C12H24O/c1-7-11-8(2)10(4)13-12(5,6)9(11)3/h8-11H,7H2,1-6H3. The number of hydrogen-bond donors (Lipinski definition) is 0. The molecule has 0 spiro atoms. The molecule has 1 aliphatic heterocycles. The molecular weight excluding hydrogens is 160 g/mol. The van der Waals surface area contributed by atoms with Gasteiger partial charge in [-0.25, -0.2) is 0 Å². The Morgan fingerprint density at radius 3 is 2.15 bits per heavy atom. The topological polar surface area (TPSA) is 9.23 Å². The Balaban J connectivity index is 2.81. The molecule has 0 amide bonds. The van der Waals surface area contributed by atoms with Crippen molar-refractivity contribution in [3.63, 3.8) is 0 Å². The van der Waals surface area contributed by atoms with Crippen LogP contribution in [0.3, 0.4) is 0 Å². The van der Waals surface area contributed by atoms with Gasteiger partial charge < -0.3 is 4.74 Å². The van der Waals surface area contributed by atoms with E-state index >= 15 is 0 Å². The Hall–Kier alpha value is -0.0400. The van der Waals surface area contributed by atoms with Crippen LogP contribution in [0.25, 0.3) is 0 Å². The second kappa shape index (κ2) is 3.61. The molecule has 0 aromatic heterocycles. The van der Waals surface area contributed by atoms with Gasteiger partial charge in [0.2, 0.25) is 0 Å². The zero-order valence-corrected chi connectivity index (χ0v) is 9.92. The molecule has 1 saturated heterocycles. The van der Waals surface area contributed by atoms with Gasteiger partial charge in [-0.2, -0.15) is 0 Å². The zero-order chi connectivity index (χ0) is 10.2. The first-order valence-electron chi connectivity index (χ1n) is 5.58. The van der Waals surface area contributed by atoms with Gasteiger partial charge in [0.15, 0.2) is 0 Å². The van der Waals surface area contributed by atoms with Crippen molar-refractivity contribution in [2.24, 2.45) is 17.8 Å². The third kappa shape index (κ3) is 1.90. The van der Waals surface area contributed by atoms with E-state index in [1.165, 1.54) is 6.42 Å². The molecule has 0 saturated carbocycles. The van der Waals surface area contributed by atoms with E-state index in [1.54, 1.807) is 0 Å². The molecule has 0 aliphatic carbocycles. The first-order chi connectivity index (χ1) is 5.90. The van der Waals surface area contributed by atoms with E-state index in [-0.39, 0.29) is 5.60 Å². The fourth-order valence-electron chi connectivity index (χ4n) is 2.74. The number of ether oxygens (including phenoxy) is 1. The van der Waals surface area contributed by atoms with Crippen molar-refractivity contribution in [1.82, 2.24) is 0 Å². The van der Waals surface area contributed by atoms with E-state index in [0.717, 1.165) is 5.92 Å². The maximum absolute atomic E-state index is 6.03. The zero-order valence-electron chi connectivity index (χ0n) is 9.92. The van der Waals surface area contributed by atoms with Crippen molar-refractivity contribution in [1.29, 1.82) is 0 Å². The number of hydrogen-bond acceptors (Lipinski definition) is 1. The van der Waals surface area contributed by atoms with Crippen LogP contribution in [-0.2, 0) is 4.74 Å². The van der Waals surface area contributed by atoms with Gasteiger partial charge in [-0.05, 0) is 38.5 Å². The van der Waals surface area contributed by atoms with Crippen LogP contribution in [0.15, 0.2) is 0 Å². The van der Waals surface area contributed by atoms with Gasteiger partial charge in [0.05, 0.1) is 11.7 Å². The van der Waals surface area contributed by atoms with Gasteiger partial charge in [0.1, 0.15) is 0 Å². The molecule has 0 N–H and O–H groups in total. The fourth-order valence-corrected chi connectivity index (χ4v) is 2.74. The Morgan fingerprint density at radius 1 is 1.15 bits per heavy atom. The normalized spacial score (nSPS) is 44.8. The van der Waals surface area contributed by atoms with Crippen LogP contribution in [0.4, 0.5) is 0 Å². The minimum atomic E-state index is 0.0621. The molecule has 1 aliphatic rings. The Bertz CT molecular complexity index is 174.